The number of esters is 1. The van der Waals surface area contributed by atoms with Crippen LogP contribution < -0.4 is 5.56 Å². The van der Waals surface area contributed by atoms with Crippen LogP contribution in [0.1, 0.15) is 0 Å². The summed E-state index contributed by atoms with van der Waals surface area (Å²) in [5, 5.41) is 10.5. The van der Waals surface area contributed by atoms with Crippen LogP contribution in [0.4, 0.5) is 5.82 Å². The first kappa shape index (κ1) is 14.4. The average Bonchev–Trinajstić information content (AvgIpc) is 2.49. The van der Waals surface area contributed by atoms with E-state index in [2.05, 4.69) is 9.72 Å². The van der Waals surface area contributed by atoms with Gasteiger partial charge in [0.15, 0.2) is 0 Å². The van der Waals surface area contributed by atoms with Gasteiger partial charge in [0.1, 0.15) is 12.7 Å². The molecule has 2 aromatic heterocycles. The van der Waals surface area contributed by atoms with Gasteiger partial charge in [-0.3, -0.25) is 9.59 Å². The molecule has 2 aromatic rings. The van der Waals surface area contributed by atoms with Crippen molar-refractivity contribution >= 4 is 11.8 Å². The van der Waals surface area contributed by atoms with Crippen LogP contribution in [0.2, 0.25) is 0 Å². The van der Waals surface area contributed by atoms with Crippen LogP contribution in [-0.4, -0.2) is 27.6 Å². The molecule has 21 heavy (non-hydrogen) atoms. The molecule has 0 N–H and O–H groups in total. The third kappa shape index (κ3) is 3.30. The Morgan fingerprint density at radius 1 is 1.38 bits per heavy atom. The largest absolute Gasteiger partial charge is 0.468 e. The molecule has 0 saturated heterocycles. The van der Waals surface area contributed by atoms with Crippen LogP contribution in [0.5, 0.6) is 0 Å². The summed E-state index contributed by atoms with van der Waals surface area (Å²) < 4.78 is 5.69. The van der Waals surface area contributed by atoms with E-state index in [-0.39, 0.29) is 17.9 Å². The smallest absolute Gasteiger partial charge is 0.363 e. The Labute approximate surface area is 118 Å². The van der Waals surface area contributed by atoms with Gasteiger partial charge in [-0.2, -0.15) is 0 Å². The van der Waals surface area contributed by atoms with Crippen molar-refractivity contribution in [3.63, 3.8) is 0 Å². The molecule has 8 heteroatoms. The van der Waals surface area contributed by atoms with E-state index in [0.29, 0.717) is 11.1 Å². The van der Waals surface area contributed by atoms with Crippen molar-refractivity contribution in [2.45, 2.75) is 6.54 Å². The van der Waals surface area contributed by atoms with Crippen LogP contribution in [0.25, 0.3) is 11.1 Å². The Hall–Kier alpha value is -3.03. The first-order valence-corrected chi connectivity index (χ1v) is 5.89. The van der Waals surface area contributed by atoms with E-state index >= 15 is 0 Å². The second kappa shape index (κ2) is 5.95. The van der Waals surface area contributed by atoms with Gasteiger partial charge in [-0.15, -0.1) is 0 Å². The van der Waals surface area contributed by atoms with Gasteiger partial charge >= 0.3 is 11.8 Å². The van der Waals surface area contributed by atoms with Gasteiger partial charge in [0.05, 0.1) is 7.11 Å². The van der Waals surface area contributed by atoms with E-state index in [4.69, 9.17) is 0 Å². The fraction of sp³-hybridized carbons (Fsp3) is 0.154. The molecular weight excluding hydrogens is 278 g/mol. The standard InChI is InChI=1S/C13H11N3O5/c1-21-13(18)8-15-5-4-9(6-12(15)17)10-2-3-11(14-7-10)16(19)20/h2-7H,8H2,1H3. The molecule has 2 heterocycles. The van der Waals surface area contributed by atoms with Gasteiger partial charge in [-0.1, -0.05) is 0 Å². The minimum Gasteiger partial charge on any atom is -0.468 e. The van der Waals surface area contributed by atoms with Gasteiger partial charge < -0.3 is 19.4 Å². The predicted octanol–water partition coefficient (Wildman–Crippen LogP) is 0.991. The summed E-state index contributed by atoms with van der Waals surface area (Å²) in [6.45, 7) is -0.172. The number of rotatable bonds is 4. The fourth-order valence-electron chi connectivity index (χ4n) is 1.69. The van der Waals surface area contributed by atoms with E-state index < -0.39 is 10.9 Å². The summed E-state index contributed by atoms with van der Waals surface area (Å²) in [5.74, 6) is -0.792. The third-order valence-corrected chi connectivity index (χ3v) is 2.79. The number of carbonyl (C=O) groups is 1. The van der Waals surface area contributed by atoms with E-state index in [1.54, 1.807) is 6.07 Å². The summed E-state index contributed by atoms with van der Waals surface area (Å²) in [4.78, 5) is 36.6. The van der Waals surface area contributed by atoms with Crippen molar-refractivity contribution in [1.29, 1.82) is 0 Å². The molecule has 0 saturated carbocycles. The highest BCUT2D eigenvalue weighted by atomic mass is 16.6. The van der Waals surface area contributed by atoms with Crippen molar-refractivity contribution in [1.82, 2.24) is 9.55 Å². The maximum atomic E-state index is 11.9. The second-order valence-electron chi connectivity index (χ2n) is 4.12. The molecule has 108 valence electrons. The van der Waals surface area contributed by atoms with Gasteiger partial charge in [-0.25, -0.2) is 0 Å². The molecule has 0 aliphatic carbocycles. The minimum atomic E-state index is -0.599. The highest BCUT2D eigenvalue weighted by Crippen LogP contribution is 2.18. The lowest BCUT2D eigenvalue weighted by atomic mass is 10.1. The van der Waals surface area contributed by atoms with E-state index in [1.807, 2.05) is 0 Å². The number of hydrogen-bond acceptors (Lipinski definition) is 6. The Morgan fingerprint density at radius 2 is 2.14 bits per heavy atom. The van der Waals surface area contributed by atoms with Gasteiger partial charge in [-0.05, 0) is 27.6 Å². The molecule has 0 unspecified atom stereocenters. The van der Waals surface area contributed by atoms with Crippen LogP contribution in [0, 0.1) is 10.1 Å². The molecule has 2 rings (SSSR count). The molecule has 0 radical (unpaired) electrons. The third-order valence-electron chi connectivity index (χ3n) is 2.79. The number of nitro groups is 1. The van der Waals surface area contributed by atoms with E-state index in [0.717, 1.165) is 0 Å². The molecule has 8 nitrogen and oxygen atoms in total. The maximum absolute atomic E-state index is 11.9. The molecular formula is C13H11N3O5. The lowest BCUT2D eigenvalue weighted by Gasteiger charge is -2.05. The highest BCUT2D eigenvalue weighted by molar-refractivity contribution is 5.69. The topological polar surface area (TPSA) is 104 Å². The number of methoxy groups -OCH3 is 1. The predicted molar refractivity (Wildman–Crippen MR) is 72.6 cm³/mol. The molecule has 0 aliphatic rings. The minimum absolute atomic E-state index is 0.172. The van der Waals surface area contributed by atoms with Crippen LogP contribution in [0.15, 0.2) is 41.5 Å². The zero-order valence-electron chi connectivity index (χ0n) is 11.1. The Morgan fingerprint density at radius 3 is 2.67 bits per heavy atom. The molecule has 0 amide bonds. The second-order valence-corrected chi connectivity index (χ2v) is 4.12. The summed E-state index contributed by atoms with van der Waals surface area (Å²) in [7, 11) is 1.24. The number of aromatic nitrogens is 2. The molecule has 0 spiro atoms. The molecule has 0 bridgehead atoms. The Bertz CT molecular complexity index is 736. The molecule has 0 fully saturated rings. The summed E-state index contributed by atoms with van der Waals surface area (Å²) >= 11 is 0. The highest BCUT2D eigenvalue weighted by Gasteiger charge is 2.09. The zero-order chi connectivity index (χ0) is 15.4. The van der Waals surface area contributed by atoms with Crippen LogP contribution in [-0.2, 0) is 16.1 Å². The first-order chi connectivity index (χ1) is 10.0. The van der Waals surface area contributed by atoms with E-state index in [9.17, 15) is 19.7 Å². The number of ether oxygens (including phenoxy) is 1. The van der Waals surface area contributed by atoms with E-state index in [1.165, 1.54) is 42.3 Å². The number of pyridine rings is 2. The van der Waals surface area contributed by atoms with Crippen LogP contribution >= 0.6 is 0 Å². The first-order valence-electron chi connectivity index (χ1n) is 5.89. The SMILES string of the molecule is COC(=O)Cn1ccc(-c2ccc([N+](=O)[O-])nc2)cc1=O. The Balaban J connectivity index is 2.29. The monoisotopic (exact) mass is 289 g/mol. The van der Waals surface area contributed by atoms with Crippen molar-refractivity contribution in [3.05, 3.63) is 57.1 Å². The lowest BCUT2D eigenvalue weighted by Crippen LogP contribution is -2.23. The number of carbonyl (C=O) groups excluding carboxylic acids is 1. The van der Waals surface area contributed by atoms with Gasteiger partial charge in [0.2, 0.25) is 0 Å². The van der Waals surface area contributed by atoms with Crippen molar-refractivity contribution < 1.29 is 14.5 Å². The summed E-state index contributed by atoms with van der Waals surface area (Å²) in [6, 6.07) is 5.71. The molecule has 0 aliphatic heterocycles. The van der Waals surface area contributed by atoms with Gasteiger partial charge in [0, 0.05) is 23.9 Å². The molecule has 0 atom stereocenters. The number of hydrogen-bond donors (Lipinski definition) is 0. The van der Waals surface area contributed by atoms with Crippen molar-refractivity contribution in [2.75, 3.05) is 7.11 Å². The number of nitrogens with zero attached hydrogens (tertiary/aromatic N) is 3. The maximum Gasteiger partial charge on any atom is 0.363 e. The Kier molecular flexibility index (Phi) is 4.07. The molecule has 0 aromatic carbocycles. The lowest BCUT2D eigenvalue weighted by molar-refractivity contribution is -0.389. The van der Waals surface area contributed by atoms with Crippen LogP contribution in [0.3, 0.4) is 0 Å². The quantitative estimate of drug-likeness (QED) is 0.472. The van der Waals surface area contributed by atoms with Crippen molar-refractivity contribution in [2.24, 2.45) is 0 Å². The summed E-state index contributed by atoms with van der Waals surface area (Å²) in [6.07, 6.45) is 2.77. The normalized spacial score (nSPS) is 10.1. The summed E-state index contributed by atoms with van der Waals surface area (Å²) in [5.41, 5.74) is 0.752. The van der Waals surface area contributed by atoms with Crippen molar-refractivity contribution in [3.8, 4) is 11.1 Å². The zero-order valence-corrected chi connectivity index (χ0v) is 11.1. The average molecular weight is 289 g/mol. The fourth-order valence-corrected chi connectivity index (χ4v) is 1.69. The van der Waals surface area contributed by atoms with Gasteiger partial charge in [0.25, 0.3) is 5.56 Å².